The van der Waals surface area contributed by atoms with Crippen LogP contribution in [0, 0.1) is 11.6 Å². The van der Waals surface area contributed by atoms with E-state index in [0.29, 0.717) is 41.5 Å². The molecule has 1 N–H and O–H groups in total. The number of carboxylic acid groups (broad SMARTS) is 1. The van der Waals surface area contributed by atoms with E-state index in [1.807, 2.05) is 0 Å². The van der Waals surface area contributed by atoms with Crippen molar-refractivity contribution in [2.45, 2.75) is 32.0 Å². The first-order valence-electron chi connectivity index (χ1n) is 10.5. The molecule has 0 radical (unpaired) electrons. The Morgan fingerprint density at radius 2 is 1.59 bits per heavy atom. The summed E-state index contributed by atoms with van der Waals surface area (Å²) in [6, 6.07) is 12.1. The third-order valence-corrected chi connectivity index (χ3v) is 5.65. The van der Waals surface area contributed by atoms with E-state index in [2.05, 4.69) is 0 Å². The maximum Gasteiger partial charge on any atom is 0.416 e. The number of hydrogen-bond donors (Lipinski definition) is 1. The Bertz CT molecular complexity index is 1260. The largest absolute Gasteiger partial charge is 0.488 e. The molecular formula is C26H19F5O3. The lowest BCUT2D eigenvalue weighted by atomic mass is 9.94. The molecule has 0 saturated heterocycles. The van der Waals surface area contributed by atoms with E-state index >= 15 is 0 Å². The first kappa shape index (κ1) is 23.5. The molecule has 0 atom stereocenters. The van der Waals surface area contributed by atoms with Crippen LogP contribution in [0.5, 0.6) is 5.75 Å². The summed E-state index contributed by atoms with van der Waals surface area (Å²) in [4.78, 5) is 11.4. The second-order valence-corrected chi connectivity index (χ2v) is 7.97. The number of ether oxygens (including phenoxy) is 1. The average molecular weight is 474 g/mol. The lowest BCUT2D eigenvalue weighted by molar-refractivity contribution is -0.137. The Morgan fingerprint density at radius 3 is 2.26 bits per heavy atom. The Hall–Kier alpha value is -3.68. The Morgan fingerprint density at radius 1 is 0.882 bits per heavy atom. The zero-order valence-electron chi connectivity index (χ0n) is 17.8. The fraction of sp³-hybridized carbons (Fsp3) is 0.192. The van der Waals surface area contributed by atoms with Gasteiger partial charge in [0.1, 0.15) is 24.0 Å². The number of allylic oxidation sites excluding steroid dienone is 2. The second kappa shape index (κ2) is 9.29. The number of halogens is 5. The van der Waals surface area contributed by atoms with E-state index < -0.39 is 29.3 Å². The minimum atomic E-state index is -4.58. The third kappa shape index (κ3) is 5.11. The lowest BCUT2D eigenvalue weighted by Gasteiger charge is -2.17. The van der Waals surface area contributed by atoms with Gasteiger partial charge in [-0.05, 0) is 90.1 Å². The SMILES string of the molecule is O=C(O)c1cc(F)cc(C2=C(c3cc(C(F)(F)F)ccc3OCc3ccc(F)cc3)CCC2)c1. The summed E-state index contributed by atoms with van der Waals surface area (Å²) in [6.07, 6.45) is -3.11. The summed E-state index contributed by atoms with van der Waals surface area (Å²) < 4.78 is 73.6. The molecule has 34 heavy (non-hydrogen) atoms. The fourth-order valence-corrected chi connectivity index (χ4v) is 4.06. The molecule has 0 aromatic heterocycles. The van der Waals surface area contributed by atoms with Crippen LogP contribution in [-0.4, -0.2) is 11.1 Å². The van der Waals surface area contributed by atoms with Crippen LogP contribution in [0.2, 0.25) is 0 Å². The van der Waals surface area contributed by atoms with Crippen molar-refractivity contribution in [3.05, 3.63) is 100 Å². The smallest absolute Gasteiger partial charge is 0.416 e. The van der Waals surface area contributed by atoms with E-state index in [-0.39, 0.29) is 23.5 Å². The highest BCUT2D eigenvalue weighted by molar-refractivity contribution is 5.96. The van der Waals surface area contributed by atoms with Crippen LogP contribution in [-0.2, 0) is 12.8 Å². The van der Waals surface area contributed by atoms with E-state index in [0.717, 1.165) is 18.2 Å². The maximum atomic E-state index is 14.1. The quantitative estimate of drug-likeness (QED) is 0.380. The van der Waals surface area contributed by atoms with Gasteiger partial charge in [0.15, 0.2) is 0 Å². The molecule has 8 heteroatoms. The van der Waals surface area contributed by atoms with Gasteiger partial charge in [-0.2, -0.15) is 13.2 Å². The molecule has 176 valence electrons. The van der Waals surface area contributed by atoms with Crippen molar-refractivity contribution in [3.63, 3.8) is 0 Å². The number of carbonyl (C=O) groups is 1. The van der Waals surface area contributed by atoms with Crippen molar-refractivity contribution in [1.82, 2.24) is 0 Å². The summed E-state index contributed by atoms with van der Waals surface area (Å²) >= 11 is 0. The predicted molar refractivity (Wildman–Crippen MR) is 116 cm³/mol. The van der Waals surface area contributed by atoms with Gasteiger partial charge in [0.05, 0.1) is 11.1 Å². The molecule has 0 saturated carbocycles. The average Bonchev–Trinajstić information content (AvgIpc) is 3.27. The summed E-state index contributed by atoms with van der Waals surface area (Å²) in [6.45, 7) is 0.00435. The summed E-state index contributed by atoms with van der Waals surface area (Å²) in [5, 5.41) is 9.27. The van der Waals surface area contributed by atoms with E-state index in [9.17, 15) is 31.9 Å². The van der Waals surface area contributed by atoms with Crippen molar-refractivity contribution in [2.75, 3.05) is 0 Å². The molecule has 0 aliphatic heterocycles. The third-order valence-electron chi connectivity index (χ3n) is 5.65. The monoisotopic (exact) mass is 474 g/mol. The van der Waals surface area contributed by atoms with Crippen LogP contribution in [0.1, 0.15) is 51.9 Å². The Kier molecular flexibility index (Phi) is 6.41. The zero-order chi connectivity index (χ0) is 24.5. The topological polar surface area (TPSA) is 46.5 Å². The van der Waals surface area contributed by atoms with Crippen molar-refractivity contribution >= 4 is 17.1 Å². The molecular weight excluding hydrogens is 455 g/mol. The van der Waals surface area contributed by atoms with Crippen LogP contribution < -0.4 is 4.74 Å². The molecule has 0 spiro atoms. The maximum absolute atomic E-state index is 14.1. The van der Waals surface area contributed by atoms with Crippen molar-refractivity contribution in [1.29, 1.82) is 0 Å². The first-order valence-corrected chi connectivity index (χ1v) is 10.5. The molecule has 0 unspecified atom stereocenters. The van der Waals surface area contributed by atoms with Crippen molar-refractivity contribution in [2.24, 2.45) is 0 Å². The van der Waals surface area contributed by atoms with Crippen LogP contribution in [0.3, 0.4) is 0 Å². The van der Waals surface area contributed by atoms with Gasteiger partial charge in [0.25, 0.3) is 0 Å². The van der Waals surface area contributed by atoms with Crippen LogP contribution in [0.25, 0.3) is 11.1 Å². The molecule has 1 aliphatic rings. The summed E-state index contributed by atoms with van der Waals surface area (Å²) in [7, 11) is 0. The molecule has 0 amide bonds. The zero-order valence-corrected chi connectivity index (χ0v) is 17.8. The van der Waals surface area contributed by atoms with Gasteiger partial charge in [0.2, 0.25) is 0 Å². The summed E-state index contributed by atoms with van der Waals surface area (Å²) in [5.41, 5.74) is 1.17. The molecule has 3 aromatic carbocycles. The molecule has 0 fully saturated rings. The molecule has 3 nitrogen and oxygen atoms in total. The van der Waals surface area contributed by atoms with Gasteiger partial charge < -0.3 is 9.84 Å². The highest BCUT2D eigenvalue weighted by atomic mass is 19.4. The number of aromatic carboxylic acids is 1. The number of carboxylic acids is 1. The summed E-state index contributed by atoms with van der Waals surface area (Å²) in [5.74, 6) is -2.27. The van der Waals surface area contributed by atoms with E-state index in [4.69, 9.17) is 4.74 Å². The molecule has 3 aromatic rings. The molecule has 1 aliphatic carbocycles. The number of benzene rings is 3. The van der Waals surface area contributed by atoms with Gasteiger partial charge >= 0.3 is 12.1 Å². The van der Waals surface area contributed by atoms with Crippen LogP contribution in [0.4, 0.5) is 22.0 Å². The number of hydrogen-bond acceptors (Lipinski definition) is 2. The highest BCUT2D eigenvalue weighted by Gasteiger charge is 2.32. The number of rotatable bonds is 6. The Labute approximate surface area is 192 Å². The van der Waals surface area contributed by atoms with Crippen molar-refractivity contribution in [3.8, 4) is 5.75 Å². The van der Waals surface area contributed by atoms with Crippen LogP contribution in [0.15, 0.2) is 60.7 Å². The standard InChI is InChI=1S/C26H19F5O3/c27-19-7-4-15(5-8-19)14-34-24-9-6-18(26(29,30)31)13-23(24)22-3-1-2-21(22)16-10-17(25(32)33)12-20(28)11-16/h4-13H,1-3,14H2,(H,32,33). The van der Waals surface area contributed by atoms with Crippen molar-refractivity contribution < 1.29 is 36.6 Å². The van der Waals surface area contributed by atoms with Gasteiger partial charge in [0, 0.05) is 5.56 Å². The predicted octanol–water partition coefficient (Wildman–Crippen LogP) is 7.36. The fourth-order valence-electron chi connectivity index (χ4n) is 4.06. The molecule has 0 bridgehead atoms. The Balaban J connectivity index is 1.80. The van der Waals surface area contributed by atoms with E-state index in [1.165, 1.54) is 42.5 Å². The minimum Gasteiger partial charge on any atom is -0.488 e. The van der Waals surface area contributed by atoms with Gasteiger partial charge in [-0.25, -0.2) is 13.6 Å². The second-order valence-electron chi connectivity index (χ2n) is 7.97. The van der Waals surface area contributed by atoms with Gasteiger partial charge in [-0.15, -0.1) is 0 Å². The first-order chi connectivity index (χ1) is 16.1. The van der Waals surface area contributed by atoms with E-state index in [1.54, 1.807) is 0 Å². The molecule has 0 heterocycles. The van der Waals surface area contributed by atoms with Gasteiger partial charge in [-0.1, -0.05) is 12.1 Å². The minimum absolute atomic E-state index is 0.00435. The lowest BCUT2D eigenvalue weighted by Crippen LogP contribution is -2.07. The van der Waals surface area contributed by atoms with Gasteiger partial charge in [-0.3, -0.25) is 0 Å². The van der Waals surface area contributed by atoms with Crippen LogP contribution >= 0.6 is 0 Å². The number of alkyl halides is 3. The molecule has 4 rings (SSSR count). The highest BCUT2D eigenvalue weighted by Crippen LogP contribution is 2.45. The normalized spacial score (nSPS) is 13.9.